The monoisotopic (exact) mass is 330 g/mol. The van der Waals surface area contributed by atoms with Gasteiger partial charge in [-0.2, -0.15) is 0 Å². The Morgan fingerprint density at radius 1 is 1.61 bits per heavy atom. The summed E-state index contributed by atoms with van der Waals surface area (Å²) in [7, 11) is 0. The van der Waals surface area contributed by atoms with Gasteiger partial charge in [-0.05, 0) is 53.4 Å². The lowest BCUT2D eigenvalue weighted by Gasteiger charge is -2.32. The molecular weight excluding hydrogens is 312 g/mol. The van der Waals surface area contributed by atoms with Crippen LogP contribution in [-0.2, 0) is 0 Å². The molecule has 0 aliphatic heterocycles. The molecule has 1 fully saturated rings. The van der Waals surface area contributed by atoms with E-state index in [1.165, 1.54) is 12.8 Å². The topological polar surface area (TPSA) is 45.1 Å². The van der Waals surface area contributed by atoms with Crippen molar-refractivity contribution in [1.82, 2.24) is 10.3 Å². The maximum Gasteiger partial charge on any atom is 0.110 e. The summed E-state index contributed by atoms with van der Waals surface area (Å²) in [5.74, 6) is 1.47. The zero-order valence-corrected chi connectivity index (χ0v) is 12.9. The van der Waals surface area contributed by atoms with E-state index in [4.69, 9.17) is 0 Å². The van der Waals surface area contributed by atoms with E-state index in [9.17, 15) is 5.11 Å². The van der Waals surface area contributed by atoms with E-state index in [0.29, 0.717) is 5.92 Å². The molecule has 0 radical (unpaired) electrons. The van der Waals surface area contributed by atoms with Gasteiger partial charge >= 0.3 is 0 Å². The number of hydrogen-bond donors (Lipinski definition) is 2. The summed E-state index contributed by atoms with van der Waals surface area (Å²) < 4.78 is 1.02. The van der Waals surface area contributed by atoms with Gasteiger partial charge in [-0.15, -0.1) is 11.8 Å². The number of aliphatic hydroxyl groups is 1. The lowest BCUT2D eigenvalue weighted by molar-refractivity contribution is 0.161. The average Bonchev–Trinajstić information content (AvgIpc) is 3.21. The van der Waals surface area contributed by atoms with Crippen molar-refractivity contribution in [3.05, 3.63) is 22.8 Å². The number of aromatic nitrogens is 1. The molecule has 0 spiro atoms. The third-order valence-corrected chi connectivity index (χ3v) is 5.52. The van der Waals surface area contributed by atoms with Crippen molar-refractivity contribution < 1.29 is 5.11 Å². The summed E-state index contributed by atoms with van der Waals surface area (Å²) in [6, 6.07) is 3.92. The fraction of sp³-hybridized carbons (Fsp3) is 0.615. The minimum absolute atomic E-state index is 0.142. The Balaban J connectivity index is 2.03. The van der Waals surface area contributed by atoms with E-state index < -0.39 is 0 Å². The van der Waals surface area contributed by atoms with Gasteiger partial charge in [-0.1, -0.05) is 6.92 Å². The smallest absolute Gasteiger partial charge is 0.110 e. The first kappa shape index (κ1) is 14.3. The van der Waals surface area contributed by atoms with Crippen LogP contribution in [0.15, 0.2) is 27.8 Å². The molecule has 2 rings (SSSR count). The van der Waals surface area contributed by atoms with Crippen molar-refractivity contribution in [1.29, 1.82) is 0 Å². The Bertz CT molecular complexity index is 400. The normalized spacial score (nSPS) is 18.6. The number of aliphatic hydroxyl groups excluding tert-OH is 1. The Morgan fingerprint density at radius 2 is 2.39 bits per heavy atom. The van der Waals surface area contributed by atoms with E-state index in [0.717, 1.165) is 21.8 Å². The van der Waals surface area contributed by atoms with E-state index in [1.54, 1.807) is 18.0 Å². The minimum Gasteiger partial charge on any atom is -0.394 e. The van der Waals surface area contributed by atoms with Crippen LogP contribution in [0.3, 0.4) is 0 Å². The molecule has 1 aromatic rings. The lowest BCUT2D eigenvalue weighted by Crippen LogP contribution is -2.52. The van der Waals surface area contributed by atoms with Gasteiger partial charge in [-0.3, -0.25) is 0 Å². The third-order valence-electron chi connectivity index (χ3n) is 3.36. The van der Waals surface area contributed by atoms with Gasteiger partial charge in [0.05, 0.1) is 12.1 Å². The molecular formula is C13H19BrN2OS. The van der Waals surface area contributed by atoms with E-state index in [2.05, 4.69) is 33.2 Å². The Kier molecular flexibility index (Phi) is 5.06. The molecule has 100 valence electrons. The highest BCUT2D eigenvalue weighted by Crippen LogP contribution is 2.42. The largest absolute Gasteiger partial charge is 0.394 e. The van der Waals surface area contributed by atoms with Crippen molar-refractivity contribution >= 4 is 27.7 Å². The number of nitrogens with zero attached hydrogens (tertiary/aromatic N) is 1. The van der Waals surface area contributed by atoms with Crippen LogP contribution in [0.4, 0.5) is 0 Å². The van der Waals surface area contributed by atoms with Gasteiger partial charge in [0.1, 0.15) is 5.03 Å². The fourth-order valence-corrected chi connectivity index (χ4v) is 3.97. The fourth-order valence-electron chi connectivity index (χ4n) is 2.21. The van der Waals surface area contributed by atoms with Gasteiger partial charge in [-0.25, -0.2) is 4.98 Å². The molecule has 1 heterocycles. The summed E-state index contributed by atoms with van der Waals surface area (Å²) >= 11 is 5.22. The standard InChI is InChI=1S/C13H19BrN2OS/c1-2-16-13(8-17,10-5-6-10)9-18-12-11(14)4-3-7-15-12/h3-4,7,10,16-17H,2,5-6,8-9H2,1H3. The number of halogens is 1. The third kappa shape index (κ3) is 3.26. The molecule has 0 bridgehead atoms. The molecule has 1 aliphatic carbocycles. The molecule has 0 saturated heterocycles. The van der Waals surface area contributed by atoms with Crippen LogP contribution < -0.4 is 5.32 Å². The second-order valence-electron chi connectivity index (χ2n) is 4.70. The van der Waals surface area contributed by atoms with Gasteiger partial charge in [0.25, 0.3) is 0 Å². The summed E-state index contributed by atoms with van der Waals surface area (Å²) in [5, 5.41) is 14.2. The molecule has 5 heteroatoms. The first-order valence-electron chi connectivity index (χ1n) is 6.31. The van der Waals surface area contributed by atoms with Crippen LogP contribution in [-0.4, -0.2) is 34.5 Å². The molecule has 1 saturated carbocycles. The van der Waals surface area contributed by atoms with E-state index in [1.807, 2.05) is 12.1 Å². The first-order chi connectivity index (χ1) is 8.72. The molecule has 1 aromatic heterocycles. The quantitative estimate of drug-likeness (QED) is 0.754. The van der Waals surface area contributed by atoms with Crippen LogP contribution in [0.5, 0.6) is 0 Å². The number of pyridine rings is 1. The summed E-state index contributed by atoms with van der Waals surface area (Å²) in [6.45, 7) is 3.18. The number of rotatable bonds is 7. The molecule has 1 aliphatic rings. The predicted octanol–water partition coefficient (Wildman–Crippen LogP) is 2.69. The SMILES string of the molecule is CCNC(CO)(CSc1ncccc1Br)C1CC1. The molecule has 0 aromatic carbocycles. The van der Waals surface area contributed by atoms with Crippen LogP contribution in [0.1, 0.15) is 19.8 Å². The number of thioether (sulfide) groups is 1. The van der Waals surface area contributed by atoms with Crippen LogP contribution in [0, 0.1) is 5.92 Å². The van der Waals surface area contributed by atoms with Crippen molar-refractivity contribution in [3.8, 4) is 0 Å². The zero-order valence-electron chi connectivity index (χ0n) is 10.5. The number of hydrogen-bond acceptors (Lipinski definition) is 4. The molecule has 0 amide bonds. The van der Waals surface area contributed by atoms with Crippen LogP contribution >= 0.6 is 27.7 Å². The van der Waals surface area contributed by atoms with Crippen LogP contribution in [0.2, 0.25) is 0 Å². The molecule has 1 atom stereocenters. The highest BCUT2D eigenvalue weighted by molar-refractivity contribution is 9.10. The predicted molar refractivity (Wildman–Crippen MR) is 78.9 cm³/mol. The summed E-state index contributed by atoms with van der Waals surface area (Å²) in [6.07, 6.45) is 4.24. The summed E-state index contributed by atoms with van der Waals surface area (Å²) in [4.78, 5) is 4.36. The van der Waals surface area contributed by atoms with E-state index in [-0.39, 0.29) is 12.1 Å². The van der Waals surface area contributed by atoms with Crippen molar-refractivity contribution in [2.75, 3.05) is 18.9 Å². The lowest BCUT2D eigenvalue weighted by atomic mass is 9.97. The van der Waals surface area contributed by atoms with Gasteiger partial charge in [0, 0.05) is 16.4 Å². The minimum atomic E-state index is -0.142. The molecule has 3 nitrogen and oxygen atoms in total. The number of likely N-dealkylation sites (N-methyl/N-ethyl adjacent to an activating group) is 1. The average molecular weight is 331 g/mol. The highest BCUT2D eigenvalue weighted by Gasteiger charge is 2.44. The second kappa shape index (κ2) is 6.37. The zero-order chi connectivity index (χ0) is 13.0. The van der Waals surface area contributed by atoms with Crippen molar-refractivity contribution in [2.24, 2.45) is 5.92 Å². The van der Waals surface area contributed by atoms with Crippen molar-refractivity contribution in [2.45, 2.75) is 30.3 Å². The Morgan fingerprint density at radius 3 is 2.94 bits per heavy atom. The maximum atomic E-state index is 9.76. The summed E-state index contributed by atoms with van der Waals surface area (Å²) in [5.41, 5.74) is -0.142. The Labute approximate surface area is 121 Å². The van der Waals surface area contributed by atoms with Crippen LogP contribution in [0.25, 0.3) is 0 Å². The highest BCUT2D eigenvalue weighted by atomic mass is 79.9. The second-order valence-corrected chi connectivity index (χ2v) is 6.52. The number of nitrogens with one attached hydrogen (secondary N) is 1. The van der Waals surface area contributed by atoms with E-state index >= 15 is 0 Å². The van der Waals surface area contributed by atoms with Gasteiger partial charge < -0.3 is 10.4 Å². The molecule has 1 unspecified atom stereocenters. The molecule has 18 heavy (non-hydrogen) atoms. The van der Waals surface area contributed by atoms with Gasteiger partial charge in [0.2, 0.25) is 0 Å². The Hall–Kier alpha value is -0.100. The molecule has 2 N–H and O–H groups in total. The maximum absolute atomic E-state index is 9.76. The first-order valence-corrected chi connectivity index (χ1v) is 8.09. The van der Waals surface area contributed by atoms with Crippen molar-refractivity contribution in [3.63, 3.8) is 0 Å². The van der Waals surface area contributed by atoms with Gasteiger partial charge in [0.15, 0.2) is 0 Å².